The highest BCUT2D eigenvalue weighted by Crippen LogP contribution is 2.49. The van der Waals surface area contributed by atoms with E-state index < -0.39 is 0 Å². The lowest BCUT2D eigenvalue weighted by molar-refractivity contribution is 1.25. The molecule has 0 unspecified atom stereocenters. The van der Waals surface area contributed by atoms with Gasteiger partial charge < -0.3 is 9.80 Å². The minimum absolute atomic E-state index is 0.0696. The van der Waals surface area contributed by atoms with Gasteiger partial charge in [0.1, 0.15) is 0 Å². The molecule has 57 heavy (non-hydrogen) atoms. The third kappa shape index (κ3) is 4.79. The van der Waals surface area contributed by atoms with E-state index in [0.29, 0.717) is 0 Å². The molecule has 0 saturated heterocycles. The molecule has 10 aromatic rings. The summed E-state index contributed by atoms with van der Waals surface area (Å²) in [4.78, 5) is 5.00. The average Bonchev–Trinajstić information content (AvgIpc) is 3.28. The van der Waals surface area contributed by atoms with Gasteiger partial charge >= 0.3 is 0 Å². The molecule has 0 atom stereocenters. The molecule has 0 amide bonds. The number of rotatable bonds is 4. The van der Waals surface area contributed by atoms with E-state index in [4.69, 9.17) is 0 Å². The van der Waals surface area contributed by atoms with E-state index in [9.17, 15) is 0 Å². The van der Waals surface area contributed by atoms with Gasteiger partial charge in [0.2, 0.25) is 0 Å². The summed E-state index contributed by atoms with van der Waals surface area (Å²) in [7, 11) is 0. The van der Waals surface area contributed by atoms with Crippen LogP contribution >= 0.6 is 0 Å². The van der Waals surface area contributed by atoms with Crippen molar-refractivity contribution >= 4 is 89.5 Å². The van der Waals surface area contributed by atoms with Crippen molar-refractivity contribution in [1.82, 2.24) is 0 Å². The molecule has 0 saturated carbocycles. The standard InChI is InChI=1S/C54H35BN2/c1-3-19-40(20-4-1)56-48-29-15-13-27-46(48)55-47-28-14-16-30-49(47)57(41-21-5-2-6-22-41)51-35-39(34-50(56)54(51)55)53-44-25-11-9-23-42(44)52(43-24-10-12-26-45(43)53)38-32-31-36-17-7-8-18-37(36)33-38/h1-35H. The average molecular weight is 723 g/mol. The van der Waals surface area contributed by atoms with Crippen LogP contribution in [-0.2, 0) is 0 Å². The Morgan fingerprint density at radius 1 is 0.298 bits per heavy atom. The fourth-order valence-electron chi connectivity index (χ4n) is 9.85. The first-order valence-corrected chi connectivity index (χ1v) is 19.8. The van der Waals surface area contributed by atoms with E-state index in [1.165, 1.54) is 93.7 Å². The maximum absolute atomic E-state index is 2.50. The van der Waals surface area contributed by atoms with Crippen molar-refractivity contribution in [2.45, 2.75) is 0 Å². The normalized spacial score (nSPS) is 12.8. The van der Waals surface area contributed by atoms with Crippen molar-refractivity contribution in [1.29, 1.82) is 0 Å². The van der Waals surface area contributed by atoms with E-state index >= 15 is 0 Å². The Kier molecular flexibility index (Phi) is 7.06. The molecule has 0 aromatic heterocycles. The highest BCUT2D eigenvalue weighted by molar-refractivity contribution is 7.00. The summed E-state index contributed by atoms with van der Waals surface area (Å²) in [5.74, 6) is 0. The summed E-state index contributed by atoms with van der Waals surface area (Å²) >= 11 is 0. The SMILES string of the molecule is c1ccc(N2c3ccccc3B3c4ccccc4N(c4ccccc4)c4cc(-c5c6ccccc6c(-c6ccc7ccccc7c6)c6ccccc56)cc2c43)cc1. The van der Waals surface area contributed by atoms with Crippen molar-refractivity contribution in [3.05, 3.63) is 212 Å². The summed E-state index contributed by atoms with van der Waals surface area (Å²) in [6, 6.07) is 78.4. The third-order valence-corrected chi connectivity index (χ3v) is 12.2. The monoisotopic (exact) mass is 722 g/mol. The molecule has 2 aliphatic rings. The molecule has 0 N–H and O–H groups in total. The molecular formula is C54H35BN2. The summed E-state index contributed by atoms with van der Waals surface area (Å²) < 4.78 is 0. The van der Waals surface area contributed by atoms with Crippen LogP contribution in [0.25, 0.3) is 54.6 Å². The topological polar surface area (TPSA) is 6.48 Å². The summed E-state index contributed by atoms with van der Waals surface area (Å²) in [6.07, 6.45) is 0. The maximum Gasteiger partial charge on any atom is 0.252 e. The van der Waals surface area contributed by atoms with Crippen LogP contribution < -0.4 is 26.2 Å². The van der Waals surface area contributed by atoms with Crippen LogP contribution in [0.1, 0.15) is 0 Å². The highest BCUT2D eigenvalue weighted by Gasteiger charge is 2.43. The maximum atomic E-state index is 2.50. The summed E-state index contributed by atoms with van der Waals surface area (Å²) in [5.41, 5.74) is 16.1. The summed E-state index contributed by atoms with van der Waals surface area (Å²) in [5, 5.41) is 7.49. The van der Waals surface area contributed by atoms with Crippen LogP contribution in [0.4, 0.5) is 34.1 Å². The van der Waals surface area contributed by atoms with Gasteiger partial charge in [0.25, 0.3) is 6.71 Å². The van der Waals surface area contributed by atoms with Crippen molar-refractivity contribution in [3.63, 3.8) is 0 Å². The van der Waals surface area contributed by atoms with Gasteiger partial charge in [0.15, 0.2) is 0 Å². The highest BCUT2D eigenvalue weighted by atomic mass is 15.2. The molecule has 2 aliphatic heterocycles. The molecule has 0 spiro atoms. The second-order valence-corrected chi connectivity index (χ2v) is 15.2. The lowest BCUT2D eigenvalue weighted by atomic mass is 9.33. The van der Waals surface area contributed by atoms with Crippen molar-refractivity contribution in [2.75, 3.05) is 9.80 Å². The molecule has 2 heterocycles. The van der Waals surface area contributed by atoms with E-state index in [1.54, 1.807) is 0 Å². The number of hydrogen-bond acceptors (Lipinski definition) is 2. The molecule has 0 radical (unpaired) electrons. The first-order valence-electron chi connectivity index (χ1n) is 19.8. The number of anilines is 6. The number of nitrogens with zero attached hydrogens (tertiary/aromatic N) is 2. The fourth-order valence-corrected chi connectivity index (χ4v) is 9.85. The van der Waals surface area contributed by atoms with Crippen LogP contribution in [0.3, 0.4) is 0 Å². The lowest BCUT2D eigenvalue weighted by Crippen LogP contribution is -2.61. The molecule has 0 aliphatic carbocycles. The number of para-hydroxylation sites is 4. The van der Waals surface area contributed by atoms with Crippen LogP contribution in [0.5, 0.6) is 0 Å². The van der Waals surface area contributed by atoms with Gasteiger partial charge in [-0.1, -0.05) is 158 Å². The quantitative estimate of drug-likeness (QED) is 0.132. The van der Waals surface area contributed by atoms with E-state index in [-0.39, 0.29) is 6.71 Å². The fraction of sp³-hybridized carbons (Fsp3) is 0. The predicted octanol–water partition coefficient (Wildman–Crippen LogP) is 12.6. The van der Waals surface area contributed by atoms with Gasteiger partial charge in [-0.2, -0.15) is 0 Å². The predicted molar refractivity (Wildman–Crippen MR) is 244 cm³/mol. The largest absolute Gasteiger partial charge is 0.311 e. The second kappa shape index (κ2) is 12.6. The Hall–Kier alpha value is -7.36. The molecule has 2 nitrogen and oxygen atoms in total. The first-order chi connectivity index (χ1) is 28.3. The van der Waals surface area contributed by atoms with Crippen molar-refractivity contribution < 1.29 is 0 Å². The molecular weight excluding hydrogens is 687 g/mol. The van der Waals surface area contributed by atoms with Crippen LogP contribution in [-0.4, -0.2) is 6.71 Å². The van der Waals surface area contributed by atoms with Crippen LogP contribution in [0, 0.1) is 0 Å². The Labute approximate surface area is 332 Å². The lowest BCUT2D eigenvalue weighted by Gasteiger charge is -2.44. The third-order valence-electron chi connectivity index (χ3n) is 12.2. The van der Waals surface area contributed by atoms with E-state index in [2.05, 4.69) is 222 Å². The van der Waals surface area contributed by atoms with Gasteiger partial charge in [-0.3, -0.25) is 0 Å². The molecule has 10 aromatic carbocycles. The van der Waals surface area contributed by atoms with Crippen LogP contribution in [0.2, 0.25) is 0 Å². The summed E-state index contributed by atoms with van der Waals surface area (Å²) in [6.45, 7) is 0.0696. The second-order valence-electron chi connectivity index (χ2n) is 15.2. The van der Waals surface area contributed by atoms with Crippen LogP contribution in [0.15, 0.2) is 212 Å². The number of fused-ring (bicyclic) bond motifs is 7. The Morgan fingerprint density at radius 3 is 1.25 bits per heavy atom. The molecule has 12 rings (SSSR count). The first kappa shape index (κ1) is 31.9. The minimum atomic E-state index is 0.0696. The Balaban J connectivity index is 1.22. The van der Waals surface area contributed by atoms with E-state index in [0.717, 1.165) is 11.4 Å². The van der Waals surface area contributed by atoms with E-state index in [1.807, 2.05) is 0 Å². The molecule has 3 heteroatoms. The van der Waals surface area contributed by atoms with Gasteiger partial charge in [0, 0.05) is 34.1 Å². The molecule has 0 bridgehead atoms. The van der Waals surface area contributed by atoms with Crippen molar-refractivity contribution in [3.8, 4) is 22.3 Å². The van der Waals surface area contributed by atoms with Gasteiger partial charge in [-0.15, -0.1) is 0 Å². The molecule has 264 valence electrons. The van der Waals surface area contributed by atoms with Gasteiger partial charge in [-0.25, -0.2) is 0 Å². The van der Waals surface area contributed by atoms with Crippen molar-refractivity contribution in [2.24, 2.45) is 0 Å². The Morgan fingerprint density at radius 2 is 0.719 bits per heavy atom. The zero-order valence-electron chi connectivity index (χ0n) is 31.2. The number of benzene rings is 10. The van der Waals surface area contributed by atoms with Gasteiger partial charge in [0.05, 0.1) is 0 Å². The minimum Gasteiger partial charge on any atom is -0.311 e. The zero-order chi connectivity index (χ0) is 37.5. The zero-order valence-corrected chi connectivity index (χ0v) is 31.2. The smallest absolute Gasteiger partial charge is 0.252 e. The molecule has 0 fully saturated rings. The number of hydrogen-bond donors (Lipinski definition) is 0. The van der Waals surface area contributed by atoms with Gasteiger partial charge in [-0.05, 0) is 126 Å². The Bertz CT molecular complexity index is 3040.